The topological polar surface area (TPSA) is 75.6 Å². The number of rotatable bonds is 6. The van der Waals surface area contributed by atoms with Gasteiger partial charge in [-0.05, 0) is 38.2 Å². The maximum Gasteiger partial charge on any atom is 0.332 e. The number of carbonyl (C=O) groups is 2. The molecule has 0 saturated carbocycles. The lowest BCUT2D eigenvalue weighted by atomic mass is 9.91. The summed E-state index contributed by atoms with van der Waals surface area (Å²) in [5, 5.41) is 11.8. The molecule has 0 bridgehead atoms. The third kappa shape index (κ3) is 4.26. The van der Waals surface area contributed by atoms with Crippen molar-refractivity contribution in [2.24, 2.45) is 0 Å². The molecule has 1 aliphatic rings. The van der Waals surface area contributed by atoms with Crippen molar-refractivity contribution in [1.82, 2.24) is 0 Å². The summed E-state index contributed by atoms with van der Waals surface area (Å²) in [5.74, 6) is -2.14. The Balaban J connectivity index is 2.26. The predicted molar refractivity (Wildman–Crippen MR) is 89.0 cm³/mol. The van der Waals surface area contributed by atoms with E-state index in [0.717, 1.165) is 25.3 Å². The minimum absolute atomic E-state index is 0.0849. The van der Waals surface area contributed by atoms with Crippen LogP contribution < -0.4 is 10.1 Å². The van der Waals surface area contributed by atoms with Crippen LogP contribution in [-0.4, -0.2) is 23.6 Å². The molecule has 0 fully saturated rings. The van der Waals surface area contributed by atoms with Crippen LogP contribution >= 0.6 is 11.6 Å². The molecular weight excluding hydrogens is 337 g/mol. The Labute approximate surface area is 144 Å². The number of benzene rings is 1. The second-order valence-electron chi connectivity index (χ2n) is 5.53. The molecule has 5 nitrogen and oxygen atoms in total. The number of aliphatic carboxylic acids is 1. The number of hydrogen-bond acceptors (Lipinski definition) is 3. The summed E-state index contributed by atoms with van der Waals surface area (Å²) in [6, 6.07) is 2.38. The number of carboxylic acid groups (broad SMARTS) is 1. The number of nitrogens with one attached hydrogen (secondary N) is 1. The fraction of sp³-hybridized carbons (Fsp3) is 0.412. The second kappa shape index (κ2) is 8.15. The van der Waals surface area contributed by atoms with E-state index in [-0.39, 0.29) is 27.6 Å². The Morgan fingerprint density at radius 2 is 1.96 bits per heavy atom. The number of hydrogen-bond donors (Lipinski definition) is 2. The van der Waals surface area contributed by atoms with Crippen LogP contribution in [0, 0.1) is 5.82 Å². The zero-order valence-electron chi connectivity index (χ0n) is 13.3. The van der Waals surface area contributed by atoms with Crippen molar-refractivity contribution >= 4 is 29.2 Å². The summed E-state index contributed by atoms with van der Waals surface area (Å²) >= 11 is 5.92. The highest BCUT2D eigenvalue weighted by Crippen LogP contribution is 2.32. The van der Waals surface area contributed by atoms with Gasteiger partial charge in [-0.3, -0.25) is 4.79 Å². The Morgan fingerprint density at radius 1 is 1.29 bits per heavy atom. The molecular formula is C17H19ClFNO4. The smallest absolute Gasteiger partial charge is 0.332 e. The number of amides is 1. The normalized spacial score (nSPS) is 14.5. The third-order valence-electron chi connectivity index (χ3n) is 3.73. The van der Waals surface area contributed by atoms with Crippen LogP contribution in [0.25, 0.3) is 0 Å². The summed E-state index contributed by atoms with van der Waals surface area (Å²) in [4.78, 5) is 23.6. The van der Waals surface area contributed by atoms with E-state index in [1.807, 2.05) is 6.92 Å². The maximum absolute atomic E-state index is 14.0. The number of carbonyl (C=O) groups excluding carboxylic acids is 1. The first kappa shape index (κ1) is 18.3. The molecule has 0 saturated heterocycles. The van der Waals surface area contributed by atoms with Gasteiger partial charge in [-0.25, -0.2) is 9.18 Å². The fourth-order valence-electron chi connectivity index (χ4n) is 2.54. The molecule has 0 unspecified atom stereocenters. The molecule has 1 aromatic rings. The van der Waals surface area contributed by atoms with Gasteiger partial charge in [0, 0.05) is 17.2 Å². The number of carboxylic acids is 1. The van der Waals surface area contributed by atoms with E-state index in [2.05, 4.69) is 5.32 Å². The van der Waals surface area contributed by atoms with E-state index < -0.39 is 17.7 Å². The summed E-state index contributed by atoms with van der Waals surface area (Å²) in [6.07, 6.45) is 2.91. The highest BCUT2D eigenvalue weighted by molar-refractivity contribution is 6.32. The lowest BCUT2D eigenvalue weighted by Gasteiger charge is -2.18. The van der Waals surface area contributed by atoms with Crippen molar-refractivity contribution in [2.45, 2.75) is 39.0 Å². The van der Waals surface area contributed by atoms with Gasteiger partial charge < -0.3 is 15.2 Å². The first-order valence-electron chi connectivity index (χ1n) is 7.82. The summed E-state index contributed by atoms with van der Waals surface area (Å²) < 4.78 is 19.5. The molecule has 1 aliphatic carbocycles. The quantitative estimate of drug-likeness (QED) is 0.803. The lowest BCUT2D eigenvalue weighted by Crippen LogP contribution is -2.21. The summed E-state index contributed by atoms with van der Waals surface area (Å²) in [6.45, 7) is 2.33. The van der Waals surface area contributed by atoms with Gasteiger partial charge in [-0.1, -0.05) is 18.5 Å². The zero-order chi connectivity index (χ0) is 17.7. The standard InChI is InChI=1S/C17H19ClFNO4/c1-2-7-24-15-9-14(13(19)8-12(15)18)20-16(21)10-5-3-4-6-11(10)17(22)23/h8-9H,2-7H2,1H3,(H,20,21)(H,22,23). The van der Waals surface area contributed by atoms with Crippen molar-refractivity contribution in [1.29, 1.82) is 0 Å². The van der Waals surface area contributed by atoms with Gasteiger partial charge in [-0.2, -0.15) is 0 Å². The van der Waals surface area contributed by atoms with Crippen LogP contribution in [0.15, 0.2) is 23.3 Å². The molecule has 7 heteroatoms. The highest BCUT2D eigenvalue weighted by atomic mass is 35.5. The molecule has 2 rings (SSSR count). The summed E-state index contributed by atoms with van der Waals surface area (Å²) in [7, 11) is 0. The largest absolute Gasteiger partial charge is 0.492 e. The third-order valence-corrected chi connectivity index (χ3v) is 4.03. The van der Waals surface area contributed by atoms with E-state index >= 15 is 0 Å². The van der Waals surface area contributed by atoms with Crippen LogP contribution in [0.1, 0.15) is 39.0 Å². The Kier molecular flexibility index (Phi) is 6.20. The van der Waals surface area contributed by atoms with Gasteiger partial charge >= 0.3 is 5.97 Å². The number of halogens is 2. The monoisotopic (exact) mass is 355 g/mol. The zero-order valence-corrected chi connectivity index (χ0v) is 14.1. The van der Waals surface area contributed by atoms with Crippen LogP contribution in [-0.2, 0) is 9.59 Å². The van der Waals surface area contributed by atoms with E-state index in [0.29, 0.717) is 19.4 Å². The van der Waals surface area contributed by atoms with E-state index in [1.54, 1.807) is 0 Å². The van der Waals surface area contributed by atoms with Crippen LogP contribution in [0.2, 0.25) is 5.02 Å². The molecule has 24 heavy (non-hydrogen) atoms. The second-order valence-corrected chi connectivity index (χ2v) is 5.94. The fourth-order valence-corrected chi connectivity index (χ4v) is 2.74. The van der Waals surface area contributed by atoms with Gasteiger partial charge in [0.1, 0.15) is 11.6 Å². The van der Waals surface area contributed by atoms with Crippen LogP contribution in [0.4, 0.5) is 10.1 Å². The molecule has 0 aliphatic heterocycles. The molecule has 0 heterocycles. The lowest BCUT2D eigenvalue weighted by molar-refractivity contribution is -0.133. The van der Waals surface area contributed by atoms with Crippen molar-refractivity contribution in [3.8, 4) is 5.75 Å². The molecule has 1 amide bonds. The van der Waals surface area contributed by atoms with Gasteiger partial charge in [0.05, 0.1) is 17.3 Å². The van der Waals surface area contributed by atoms with Gasteiger partial charge in [0.15, 0.2) is 0 Å². The van der Waals surface area contributed by atoms with Gasteiger partial charge in [0.25, 0.3) is 5.91 Å². The number of anilines is 1. The van der Waals surface area contributed by atoms with Crippen LogP contribution in [0.3, 0.4) is 0 Å². The van der Waals surface area contributed by atoms with Crippen molar-refractivity contribution in [3.05, 3.63) is 34.1 Å². The molecule has 0 spiro atoms. The minimum Gasteiger partial charge on any atom is -0.492 e. The first-order valence-corrected chi connectivity index (χ1v) is 8.20. The van der Waals surface area contributed by atoms with Crippen molar-refractivity contribution in [2.75, 3.05) is 11.9 Å². The maximum atomic E-state index is 14.0. The van der Waals surface area contributed by atoms with Crippen molar-refractivity contribution in [3.63, 3.8) is 0 Å². The average Bonchev–Trinajstić information content (AvgIpc) is 2.56. The molecule has 2 N–H and O–H groups in total. The molecule has 130 valence electrons. The minimum atomic E-state index is -1.11. The molecule has 0 radical (unpaired) electrons. The van der Waals surface area contributed by atoms with Gasteiger partial charge in [0.2, 0.25) is 0 Å². The molecule has 0 aromatic heterocycles. The van der Waals surface area contributed by atoms with Crippen molar-refractivity contribution < 1.29 is 23.8 Å². The highest BCUT2D eigenvalue weighted by Gasteiger charge is 2.24. The van der Waals surface area contributed by atoms with Gasteiger partial charge in [-0.15, -0.1) is 0 Å². The van der Waals surface area contributed by atoms with E-state index in [1.165, 1.54) is 6.07 Å². The predicted octanol–water partition coefficient (Wildman–Crippen LogP) is 4.16. The Morgan fingerprint density at radius 3 is 2.58 bits per heavy atom. The first-order chi connectivity index (χ1) is 11.4. The van der Waals surface area contributed by atoms with E-state index in [9.17, 15) is 19.1 Å². The average molecular weight is 356 g/mol. The Bertz CT molecular complexity index is 687. The molecule has 0 atom stereocenters. The Hall–Kier alpha value is -2.08. The van der Waals surface area contributed by atoms with E-state index in [4.69, 9.17) is 16.3 Å². The van der Waals surface area contributed by atoms with Crippen LogP contribution in [0.5, 0.6) is 5.75 Å². The SMILES string of the molecule is CCCOc1cc(NC(=O)C2=C(C(=O)O)CCCC2)c(F)cc1Cl. The molecule has 1 aromatic carbocycles. The summed E-state index contributed by atoms with van der Waals surface area (Å²) in [5.41, 5.74) is 0.202. The number of ether oxygens (including phenoxy) is 1.